The monoisotopic (exact) mass is 1010 g/mol. The van der Waals surface area contributed by atoms with Crippen LogP contribution >= 0.6 is 22.9 Å². The average molecular weight is 1010 g/mol. The smallest absolute Gasteiger partial charge is 0.253 e. The summed E-state index contributed by atoms with van der Waals surface area (Å²) in [5.74, 6) is -0.0981. The largest absolute Gasteiger partial charge is 0.489 e. The number of nitrogens with zero attached hydrogens (tertiary/aromatic N) is 6. The summed E-state index contributed by atoms with van der Waals surface area (Å²) in [5, 5.41) is 29.6. The van der Waals surface area contributed by atoms with Crippen LogP contribution in [0.3, 0.4) is 0 Å². The Morgan fingerprint density at radius 2 is 1.68 bits per heavy atom. The van der Waals surface area contributed by atoms with E-state index in [1.165, 1.54) is 4.90 Å². The number of piperazine rings is 1. The molecule has 71 heavy (non-hydrogen) atoms. The molecule has 2 aromatic heterocycles. The molecule has 0 spiro atoms. The van der Waals surface area contributed by atoms with Gasteiger partial charge < -0.3 is 40.3 Å². The molecule has 2 saturated heterocycles. The molecule has 4 aromatic rings. The number of anilines is 1. The van der Waals surface area contributed by atoms with Crippen LogP contribution in [0.5, 0.6) is 5.75 Å². The molecule has 4 atom stereocenters. The standard InChI is InChI=1S/C53H68ClN9O7S/c1-31-23-38(25-40(54)39(31)26-55)70-50-52(7,8)49(53(50,9)10)60-46(66)36-15-16-42(56-27-36)62-19-17-61(18-20-62)21-22-69-29-43(65)59-45(51(4,5)6)48(68)63-28-37(64)24-41(63)47(67)58-32(2)34-11-13-35(14-12-34)44-33(3)57-30-71-44/h11-16,23,25,27,30,32,37,41,45,49-50,64H,17-22,24,28-29H2,1-10H3,(H,58,67)(H,59,65)(H,60,66)/t32-,37+,41-,45+,49?,50?/m0/s1. The number of nitrogens with one attached hydrogen (secondary N) is 3. The number of aliphatic hydroxyl groups is 1. The highest BCUT2D eigenvalue weighted by atomic mass is 35.5. The Morgan fingerprint density at radius 3 is 2.27 bits per heavy atom. The van der Waals surface area contributed by atoms with Crippen LogP contribution in [0, 0.1) is 41.4 Å². The highest BCUT2D eigenvalue weighted by Crippen LogP contribution is 2.55. The van der Waals surface area contributed by atoms with Crippen LogP contribution in [-0.4, -0.2) is 131 Å². The number of halogens is 1. The van der Waals surface area contributed by atoms with Crippen molar-refractivity contribution in [3.8, 4) is 22.3 Å². The number of hydrogen-bond acceptors (Lipinski definition) is 13. The third-order valence-electron chi connectivity index (χ3n) is 14.3. The van der Waals surface area contributed by atoms with Gasteiger partial charge in [-0.25, -0.2) is 9.97 Å². The molecule has 18 heteroatoms. The lowest BCUT2D eigenvalue weighted by atomic mass is 9.49. The van der Waals surface area contributed by atoms with E-state index in [0.29, 0.717) is 48.1 Å². The number of carbonyl (C=O) groups excluding carboxylic acids is 4. The lowest BCUT2D eigenvalue weighted by molar-refractivity contribution is -0.164. The fraction of sp³-hybridized carbons (Fsp3) is 0.528. The maximum Gasteiger partial charge on any atom is 0.253 e. The summed E-state index contributed by atoms with van der Waals surface area (Å²) >= 11 is 7.93. The molecule has 3 aliphatic rings. The molecule has 4 amide bonds. The summed E-state index contributed by atoms with van der Waals surface area (Å²) < 4.78 is 12.3. The van der Waals surface area contributed by atoms with Crippen molar-refractivity contribution in [1.82, 2.24) is 35.7 Å². The van der Waals surface area contributed by atoms with Crippen LogP contribution in [0.4, 0.5) is 5.82 Å². The van der Waals surface area contributed by atoms with Crippen molar-refractivity contribution in [2.45, 2.75) is 112 Å². The zero-order chi connectivity index (χ0) is 51.6. The molecule has 1 saturated carbocycles. The molecular formula is C53H68ClN9O7S. The number of aryl methyl sites for hydroxylation is 2. The third kappa shape index (κ3) is 11.8. The van der Waals surface area contributed by atoms with Gasteiger partial charge in [0.15, 0.2) is 0 Å². The number of aliphatic hydroxyl groups excluding tert-OH is 1. The van der Waals surface area contributed by atoms with Crippen LogP contribution in [0.25, 0.3) is 10.4 Å². The van der Waals surface area contributed by atoms with Gasteiger partial charge in [0.1, 0.15) is 42.4 Å². The van der Waals surface area contributed by atoms with E-state index in [-0.39, 0.29) is 49.6 Å². The molecule has 2 aromatic carbocycles. The van der Waals surface area contributed by atoms with Gasteiger partial charge in [0.2, 0.25) is 17.7 Å². The molecule has 1 aliphatic carbocycles. The molecule has 0 radical (unpaired) electrons. The maximum absolute atomic E-state index is 14.1. The van der Waals surface area contributed by atoms with Gasteiger partial charge in [-0.1, -0.05) is 84.3 Å². The quantitative estimate of drug-likeness (QED) is 0.0894. The summed E-state index contributed by atoms with van der Waals surface area (Å²) in [5.41, 5.74) is 4.84. The summed E-state index contributed by atoms with van der Waals surface area (Å²) in [4.78, 5) is 70.5. The molecule has 7 rings (SSSR count). The second-order valence-electron chi connectivity index (χ2n) is 21.4. The Hall–Kier alpha value is -5.64. The molecule has 4 heterocycles. The van der Waals surface area contributed by atoms with Gasteiger partial charge in [-0.3, -0.25) is 24.1 Å². The minimum atomic E-state index is -0.966. The maximum atomic E-state index is 14.1. The molecular weight excluding hydrogens is 942 g/mol. The first kappa shape index (κ1) is 53.2. The van der Waals surface area contributed by atoms with Crippen LogP contribution < -0.4 is 25.6 Å². The molecule has 3 fully saturated rings. The van der Waals surface area contributed by atoms with Crippen molar-refractivity contribution in [3.05, 3.63) is 93.2 Å². The first-order valence-corrected chi connectivity index (χ1v) is 25.5. The number of aromatic nitrogens is 2. The second kappa shape index (κ2) is 21.6. The molecule has 2 aliphatic heterocycles. The summed E-state index contributed by atoms with van der Waals surface area (Å²) in [6.45, 7) is 23.1. The van der Waals surface area contributed by atoms with Gasteiger partial charge in [-0.15, -0.1) is 11.3 Å². The summed E-state index contributed by atoms with van der Waals surface area (Å²) in [7, 11) is 0. The lowest BCUT2D eigenvalue weighted by Gasteiger charge is -2.63. The molecule has 380 valence electrons. The Bertz CT molecular complexity index is 2580. The predicted octanol–water partition coefficient (Wildman–Crippen LogP) is 6.47. The van der Waals surface area contributed by atoms with Crippen molar-refractivity contribution in [2.75, 3.05) is 57.4 Å². The SMILES string of the molecule is Cc1cc(OC2C(C)(C)C(NC(=O)c3ccc(N4CCN(CCOCC(=O)N[C@H](C(=O)N5C[C@H](O)C[C@H]5C(=O)N[C@@H](C)c5ccc(-c6scnc6C)cc5)C(C)(C)C)CC4)nc3)C2(C)C)cc(Cl)c1C#N. The van der Waals surface area contributed by atoms with Crippen LogP contribution in [0.1, 0.15) is 101 Å². The van der Waals surface area contributed by atoms with Crippen LogP contribution in [-0.2, 0) is 19.1 Å². The number of benzene rings is 2. The van der Waals surface area contributed by atoms with E-state index in [9.17, 15) is 29.5 Å². The van der Waals surface area contributed by atoms with E-state index in [2.05, 4.69) is 69.5 Å². The molecule has 16 nitrogen and oxygen atoms in total. The number of ether oxygens (including phenoxy) is 2. The van der Waals surface area contributed by atoms with Crippen molar-refractivity contribution in [1.29, 1.82) is 5.26 Å². The lowest BCUT2D eigenvalue weighted by Crippen LogP contribution is -2.74. The Labute approximate surface area is 426 Å². The molecule has 0 bridgehead atoms. The Morgan fingerprint density at radius 1 is 0.986 bits per heavy atom. The van der Waals surface area contributed by atoms with Gasteiger partial charge in [0.25, 0.3) is 5.91 Å². The normalized spacial score (nSPS) is 21.6. The van der Waals surface area contributed by atoms with E-state index in [4.69, 9.17) is 21.1 Å². The first-order chi connectivity index (χ1) is 33.5. The number of β-amino-alcohol motifs (C(OH)–C–C–N with tert-alkyl or cyclic N) is 1. The number of amides is 4. The van der Waals surface area contributed by atoms with Crippen molar-refractivity contribution in [3.63, 3.8) is 0 Å². The topological polar surface area (TPSA) is 202 Å². The van der Waals surface area contributed by atoms with E-state index >= 15 is 0 Å². The fourth-order valence-electron chi connectivity index (χ4n) is 10.6. The van der Waals surface area contributed by atoms with Gasteiger partial charge >= 0.3 is 0 Å². The van der Waals surface area contributed by atoms with Crippen LogP contribution in [0.2, 0.25) is 5.02 Å². The van der Waals surface area contributed by atoms with E-state index in [1.807, 2.05) is 83.5 Å². The Balaban J connectivity index is 0.833. The fourth-order valence-corrected chi connectivity index (χ4v) is 11.7. The van der Waals surface area contributed by atoms with Crippen molar-refractivity contribution in [2.24, 2.45) is 16.2 Å². The summed E-state index contributed by atoms with van der Waals surface area (Å²) in [6.07, 6.45) is 0.596. The minimum Gasteiger partial charge on any atom is -0.489 e. The highest BCUT2D eigenvalue weighted by molar-refractivity contribution is 7.13. The first-order valence-electron chi connectivity index (χ1n) is 24.3. The minimum absolute atomic E-state index is 0.0192. The zero-order valence-corrected chi connectivity index (χ0v) is 44.0. The van der Waals surface area contributed by atoms with E-state index in [0.717, 1.165) is 46.2 Å². The number of thiazole rings is 1. The predicted molar refractivity (Wildman–Crippen MR) is 274 cm³/mol. The van der Waals surface area contributed by atoms with Gasteiger partial charge in [0.05, 0.1) is 51.0 Å². The van der Waals surface area contributed by atoms with Gasteiger partial charge in [-0.05, 0) is 61.1 Å². The number of rotatable bonds is 16. The Kier molecular flexibility index (Phi) is 16.2. The average Bonchev–Trinajstić information content (AvgIpc) is 3.95. The molecule has 4 N–H and O–H groups in total. The second-order valence-corrected chi connectivity index (χ2v) is 22.7. The zero-order valence-electron chi connectivity index (χ0n) is 42.5. The third-order valence-corrected chi connectivity index (χ3v) is 15.6. The number of pyridine rings is 1. The van der Waals surface area contributed by atoms with E-state index < -0.39 is 46.2 Å². The highest BCUT2D eigenvalue weighted by Gasteiger charge is 2.64. The van der Waals surface area contributed by atoms with Crippen molar-refractivity contribution >= 4 is 52.4 Å². The van der Waals surface area contributed by atoms with Gasteiger partial charge in [-0.2, -0.15) is 5.26 Å². The number of carbonyl (C=O) groups is 4. The van der Waals surface area contributed by atoms with E-state index in [1.54, 1.807) is 29.7 Å². The van der Waals surface area contributed by atoms with Crippen LogP contribution in [0.15, 0.2) is 60.2 Å². The number of hydrogen-bond donors (Lipinski definition) is 4. The number of nitriles is 1. The molecule has 0 unspecified atom stereocenters. The summed E-state index contributed by atoms with van der Waals surface area (Å²) in [6, 6.07) is 14.8. The van der Waals surface area contributed by atoms with Gasteiger partial charge in [0, 0.05) is 74.8 Å². The number of likely N-dealkylation sites (tertiary alicyclic amines) is 1. The van der Waals surface area contributed by atoms with Crippen molar-refractivity contribution < 1.29 is 33.8 Å².